The Morgan fingerprint density at radius 2 is 0.812 bits per heavy atom. The van der Waals surface area contributed by atoms with Crippen LogP contribution in [0.5, 0.6) is 0 Å². The Bertz CT molecular complexity index is 2790. The first-order valence-corrected chi connectivity index (χ1v) is 18.3. The second kappa shape index (κ2) is 8.51. The van der Waals surface area contributed by atoms with E-state index in [1.54, 1.807) is 0 Å². The van der Waals surface area contributed by atoms with Crippen LogP contribution in [0, 0.1) is 0 Å². The smallest absolute Gasteiger partial charge is 0.331 e. The largest absolute Gasteiger partial charge is 0.375 e. The Balaban J connectivity index is 1.35. The summed E-state index contributed by atoms with van der Waals surface area (Å²) in [7, 11) is 0. The first-order valence-electron chi connectivity index (χ1n) is 16.7. The lowest BCUT2D eigenvalue weighted by atomic mass is 9.46. The van der Waals surface area contributed by atoms with Crippen LogP contribution in [0.4, 0.5) is 0 Å². The first kappa shape index (κ1) is 25.0. The summed E-state index contributed by atoms with van der Waals surface area (Å²) in [6.45, 7) is 0.231. The van der Waals surface area contributed by atoms with E-state index < -0.39 is 0 Å². The number of fused-ring (bicyclic) bond motifs is 16. The highest BCUT2D eigenvalue weighted by atomic mass is 32.2. The van der Waals surface area contributed by atoms with Gasteiger partial charge < -0.3 is 8.96 Å². The molecule has 4 aliphatic heterocycles. The van der Waals surface area contributed by atoms with Crippen molar-refractivity contribution < 1.29 is 0 Å². The van der Waals surface area contributed by atoms with E-state index in [4.69, 9.17) is 0 Å². The SMILES string of the molecule is c1ccc2c(c1)Sc1cccc3c1B2n1c2ccccc2c2c4c5c(c-3c21)c1ccccc1n5B1c2ccccc2Sc2cccc-4c21. The number of rotatable bonds is 0. The van der Waals surface area contributed by atoms with Crippen molar-refractivity contribution in [1.29, 1.82) is 0 Å². The van der Waals surface area contributed by atoms with Gasteiger partial charge in [0.05, 0.1) is 0 Å². The molecule has 4 aliphatic rings. The third kappa shape index (κ3) is 2.73. The van der Waals surface area contributed by atoms with Crippen molar-refractivity contribution in [3.8, 4) is 22.3 Å². The van der Waals surface area contributed by atoms with E-state index in [1.165, 1.54) is 107 Å². The number of para-hydroxylation sites is 2. The molecule has 0 saturated carbocycles. The zero-order valence-electron chi connectivity index (χ0n) is 25.6. The van der Waals surface area contributed by atoms with Gasteiger partial charge in [-0.05, 0) is 69.4 Å². The molecule has 0 atom stereocenters. The molecular weight excluding hydrogens is 618 g/mol. The molecule has 2 aromatic heterocycles. The molecule has 0 unspecified atom stereocenters. The lowest BCUT2D eigenvalue weighted by Crippen LogP contribution is -2.55. The van der Waals surface area contributed by atoms with Crippen molar-refractivity contribution in [2.75, 3.05) is 0 Å². The maximum Gasteiger partial charge on any atom is 0.331 e. The molecule has 48 heavy (non-hydrogen) atoms. The average molecular weight is 640 g/mol. The highest BCUT2D eigenvalue weighted by molar-refractivity contribution is 8.00. The molecule has 0 saturated heterocycles. The highest BCUT2D eigenvalue weighted by Gasteiger charge is 2.45. The van der Waals surface area contributed by atoms with Crippen LogP contribution in [0.25, 0.3) is 65.9 Å². The Morgan fingerprint density at radius 1 is 0.396 bits per heavy atom. The molecule has 2 nitrogen and oxygen atoms in total. The van der Waals surface area contributed by atoms with E-state index in [2.05, 4.69) is 142 Å². The summed E-state index contributed by atoms with van der Waals surface area (Å²) < 4.78 is 5.44. The Labute approximate surface area is 285 Å². The Morgan fingerprint density at radius 3 is 1.31 bits per heavy atom. The lowest BCUT2D eigenvalue weighted by molar-refractivity contribution is 1.28. The standard InChI is InChI=1S/C42H22B2N2S2/c1-5-17-29-23(11-1)35-37-25-13-9-21-33-39(25)44(28-16-4-8-20-32(28)48-33)46-30-18-6-2-12-24(30)36(42(37)46)38-26-14-10-22-34-40(26)43(45(29)41(35)38)27-15-3-7-19-31(27)47-34/h1-22H. The molecule has 218 valence electrons. The number of hydrogen-bond donors (Lipinski definition) is 0. The minimum Gasteiger partial charge on any atom is -0.375 e. The number of hydrogen-bond acceptors (Lipinski definition) is 2. The maximum atomic E-state index is 2.72. The second-order valence-electron chi connectivity index (χ2n) is 13.5. The summed E-state index contributed by atoms with van der Waals surface area (Å²) >= 11 is 3.86. The van der Waals surface area contributed by atoms with Crippen LogP contribution >= 0.6 is 23.5 Å². The molecule has 7 aromatic carbocycles. The third-order valence-corrected chi connectivity index (χ3v) is 13.7. The molecule has 6 heterocycles. The van der Waals surface area contributed by atoms with Crippen molar-refractivity contribution in [2.45, 2.75) is 19.6 Å². The zero-order valence-corrected chi connectivity index (χ0v) is 27.2. The van der Waals surface area contributed by atoms with Crippen LogP contribution in [0.1, 0.15) is 0 Å². The summed E-state index contributed by atoms with van der Waals surface area (Å²) in [4.78, 5) is 5.45. The van der Waals surface area contributed by atoms with Gasteiger partial charge in [0, 0.05) is 74.3 Å². The van der Waals surface area contributed by atoms with Crippen molar-refractivity contribution in [1.82, 2.24) is 8.96 Å². The van der Waals surface area contributed by atoms with E-state index in [0.717, 1.165) is 0 Å². The number of benzene rings is 7. The lowest BCUT2D eigenvalue weighted by Gasteiger charge is -2.36. The molecule has 13 rings (SSSR count). The predicted molar refractivity (Wildman–Crippen MR) is 205 cm³/mol. The van der Waals surface area contributed by atoms with Gasteiger partial charge in [0.2, 0.25) is 0 Å². The van der Waals surface area contributed by atoms with E-state index in [1.807, 2.05) is 23.5 Å². The zero-order chi connectivity index (χ0) is 30.8. The van der Waals surface area contributed by atoms with E-state index in [9.17, 15) is 0 Å². The maximum absolute atomic E-state index is 2.72. The van der Waals surface area contributed by atoms with Crippen LogP contribution in [0.15, 0.2) is 153 Å². The predicted octanol–water partition coefficient (Wildman–Crippen LogP) is 8.10. The van der Waals surface area contributed by atoms with Crippen molar-refractivity contribution >= 4 is 103 Å². The minimum absolute atomic E-state index is 0.116. The van der Waals surface area contributed by atoms with Gasteiger partial charge in [-0.25, -0.2) is 0 Å². The molecule has 6 heteroatoms. The van der Waals surface area contributed by atoms with Gasteiger partial charge in [-0.1, -0.05) is 121 Å². The van der Waals surface area contributed by atoms with Gasteiger partial charge in [0.25, 0.3) is 0 Å². The molecule has 9 aromatic rings. The van der Waals surface area contributed by atoms with Crippen LogP contribution in [-0.4, -0.2) is 22.7 Å². The number of nitrogens with zero attached hydrogens (tertiary/aromatic N) is 2. The van der Waals surface area contributed by atoms with Crippen LogP contribution in [0.3, 0.4) is 0 Å². The molecule has 0 fully saturated rings. The van der Waals surface area contributed by atoms with Crippen molar-refractivity contribution in [2.24, 2.45) is 0 Å². The average Bonchev–Trinajstić information content (AvgIpc) is 3.66. The topological polar surface area (TPSA) is 9.86 Å². The van der Waals surface area contributed by atoms with E-state index >= 15 is 0 Å². The van der Waals surface area contributed by atoms with E-state index in [0.29, 0.717) is 0 Å². The van der Waals surface area contributed by atoms with Crippen LogP contribution < -0.4 is 21.9 Å². The molecular formula is C42H22B2N2S2. The van der Waals surface area contributed by atoms with Crippen LogP contribution in [-0.2, 0) is 0 Å². The molecule has 0 spiro atoms. The molecule has 0 radical (unpaired) electrons. The molecule has 0 bridgehead atoms. The fourth-order valence-electron chi connectivity index (χ4n) is 9.77. The van der Waals surface area contributed by atoms with Gasteiger partial charge in [0.15, 0.2) is 0 Å². The molecule has 0 aliphatic carbocycles. The fraction of sp³-hybridized carbons (Fsp3) is 0. The monoisotopic (exact) mass is 640 g/mol. The fourth-order valence-corrected chi connectivity index (χ4v) is 12.1. The normalized spacial score (nSPS) is 14.4. The second-order valence-corrected chi connectivity index (χ2v) is 15.7. The van der Waals surface area contributed by atoms with Gasteiger partial charge >= 0.3 is 13.7 Å². The minimum atomic E-state index is 0.116. The quantitative estimate of drug-likeness (QED) is 0.155. The summed E-state index contributed by atoms with van der Waals surface area (Å²) in [5.41, 5.74) is 16.6. The summed E-state index contributed by atoms with van der Waals surface area (Å²) in [6, 6.07) is 50.6. The first-order chi connectivity index (χ1) is 23.9. The van der Waals surface area contributed by atoms with Gasteiger partial charge in [-0.15, -0.1) is 0 Å². The highest BCUT2D eigenvalue weighted by Crippen LogP contribution is 2.54. The third-order valence-electron chi connectivity index (χ3n) is 11.4. The molecule has 0 amide bonds. The van der Waals surface area contributed by atoms with Crippen molar-refractivity contribution in [3.63, 3.8) is 0 Å². The van der Waals surface area contributed by atoms with Crippen molar-refractivity contribution in [3.05, 3.63) is 133 Å². The Hall–Kier alpha value is -5.03. The Kier molecular flexibility index (Phi) is 4.44. The van der Waals surface area contributed by atoms with Gasteiger partial charge in [-0.3, -0.25) is 0 Å². The van der Waals surface area contributed by atoms with Gasteiger partial charge in [-0.2, -0.15) is 0 Å². The summed E-state index contributed by atoms with van der Waals surface area (Å²) in [5.74, 6) is 0. The number of aromatic nitrogens is 2. The molecule has 0 N–H and O–H groups in total. The summed E-state index contributed by atoms with van der Waals surface area (Å²) in [6.07, 6.45) is 0. The van der Waals surface area contributed by atoms with Crippen LogP contribution in [0.2, 0.25) is 0 Å². The van der Waals surface area contributed by atoms with E-state index in [-0.39, 0.29) is 13.7 Å². The van der Waals surface area contributed by atoms with Gasteiger partial charge in [0.1, 0.15) is 0 Å². The summed E-state index contributed by atoms with van der Waals surface area (Å²) in [5, 5.41) is 5.46.